The van der Waals surface area contributed by atoms with Crippen molar-refractivity contribution in [1.82, 2.24) is 20.0 Å². The number of hydrogen-bond acceptors (Lipinski definition) is 4. The Bertz CT molecular complexity index is 623. The molecular weight excluding hydrogens is 347 g/mol. The van der Waals surface area contributed by atoms with Gasteiger partial charge in [-0.05, 0) is 37.0 Å². The molecule has 2 fully saturated rings. The maximum Gasteiger partial charge on any atom is 0.236 e. The minimum atomic E-state index is -0.276. The molecule has 0 aromatic heterocycles. The summed E-state index contributed by atoms with van der Waals surface area (Å²) in [6, 6.07) is 6.14. The molecule has 0 spiro atoms. The summed E-state index contributed by atoms with van der Waals surface area (Å²) in [4.78, 5) is 30.7. The van der Waals surface area contributed by atoms with Crippen LogP contribution >= 0.6 is 0 Å². The van der Waals surface area contributed by atoms with E-state index in [1.165, 1.54) is 18.6 Å². The molecule has 0 aliphatic carbocycles. The molecular formula is C20H29FN4O2. The summed E-state index contributed by atoms with van der Waals surface area (Å²) >= 11 is 0. The molecule has 1 N–H and O–H groups in total. The molecule has 3 rings (SSSR count). The molecule has 1 aromatic rings. The molecule has 0 unspecified atom stereocenters. The number of carbonyl (C=O) groups is 2. The fourth-order valence-electron chi connectivity index (χ4n) is 3.60. The van der Waals surface area contributed by atoms with Crippen LogP contribution in [0.2, 0.25) is 0 Å². The van der Waals surface area contributed by atoms with Crippen LogP contribution in [0.15, 0.2) is 24.3 Å². The van der Waals surface area contributed by atoms with Crippen LogP contribution in [0, 0.1) is 5.82 Å². The van der Waals surface area contributed by atoms with Crippen LogP contribution in [-0.2, 0) is 16.1 Å². The molecule has 0 bridgehead atoms. The first kappa shape index (κ1) is 19.8. The van der Waals surface area contributed by atoms with E-state index in [0.29, 0.717) is 19.6 Å². The number of nitrogens with zero attached hydrogens (tertiary/aromatic N) is 3. The number of carbonyl (C=O) groups excluding carboxylic acids is 2. The maximum absolute atomic E-state index is 12.9. The van der Waals surface area contributed by atoms with Gasteiger partial charge < -0.3 is 10.2 Å². The van der Waals surface area contributed by atoms with Gasteiger partial charge in [0, 0.05) is 45.8 Å². The van der Waals surface area contributed by atoms with Crippen LogP contribution in [-0.4, -0.2) is 78.9 Å². The van der Waals surface area contributed by atoms with Crippen LogP contribution in [0.4, 0.5) is 4.39 Å². The summed E-state index contributed by atoms with van der Waals surface area (Å²) in [5, 5.41) is 2.87. The molecule has 2 amide bonds. The van der Waals surface area contributed by atoms with Crippen molar-refractivity contribution in [3.05, 3.63) is 35.6 Å². The van der Waals surface area contributed by atoms with Crippen LogP contribution in [0.1, 0.15) is 24.8 Å². The first-order chi connectivity index (χ1) is 13.1. The highest BCUT2D eigenvalue weighted by Gasteiger charge is 2.23. The average Bonchev–Trinajstić information content (AvgIpc) is 2.70. The highest BCUT2D eigenvalue weighted by atomic mass is 19.1. The van der Waals surface area contributed by atoms with Gasteiger partial charge in [0.1, 0.15) is 5.82 Å². The van der Waals surface area contributed by atoms with E-state index in [2.05, 4.69) is 15.1 Å². The molecule has 6 nitrogen and oxygen atoms in total. The molecule has 0 saturated carbocycles. The zero-order valence-electron chi connectivity index (χ0n) is 15.8. The van der Waals surface area contributed by atoms with Crippen molar-refractivity contribution in [2.45, 2.75) is 25.8 Å². The topological polar surface area (TPSA) is 55.9 Å². The van der Waals surface area contributed by atoms with E-state index in [0.717, 1.165) is 57.7 Å². The van der Waals surface area contributed by atoms with Crippen molar-refractivity contribution in [1.29, 1.82) is 0 Å². The minimum Gasteiger partial charge on any atom is -0.351 e. The molecule has 2 heterocycles. The Hall–Kier alpha value is -1.99. The van der Waals surface area contributed by atoms with E-state index in [1.54, 1.807) is 12.1 Å². The summed E-state index contributed by atoms with van der Waals surface area (Å²) in [6.45, 7) is 6.24. The molecule has 2 aliphatic heterocycles. The third kappa shape index (κ3) is 6.29. The van der Waals surface area contributed by atoms with Crippen LogP contribution in [0.5, 0.6) is 0 Å². The van der Waals surface area contributed by atoms with Crippen molar-refractivity contribution in [2.24, 2.45) is 0 Å². The van der Waals surface area contributed by atoms with Gasteiger partial charge in [-0.1, -0.05) is 12.1 Å². The van der Waals surface area contributed by atoms with Gasteiger partial charge in [0.2, 0.25) is 11.8 Å². The number of piperazine rings is 1. The Morgan fingerprint density at radius 1 is 0.852 bits per heavy atom. The zero-order chi connectivity index (χ0) is 19.1. The number of piperidine rings is 1. The Labute approximate surface area is 160 Å². The molecule has 1 aromatic carbocycles. The maximum atomic E-state index is 12.9. The number of benzene rings is 1. The highest BCUT2D eigenvalue weighted by molar-refractivity contribution is 5.78. The summed E-state index contributed by atoms with van der Waals surface area (Å²) in [6.07, 6.45) is 3.46. The molecule has 2 saturated heterocycles. The first-order valence-electron chi connectivity index (χ1n) is 9.84. The third-order valence-corrected chi connectivity index (χ3v) is 5.30. The lowest BCUT2D eigenvalue weighted by molar-refractivity contribution is -0.134. The second-order valence-corrected chi connectivity index (χ2v) is 7.40. The Morgan fingerprint density at radius 2 is 1.44 bits per heavy atom. The molecule has 2 aliphatic rings. The van der Waals surface area contributed by atoms with Crippen molar-refractivity contribution in [3.63, 3.8) is 0 Å². The Balaban J connectivity index is 1.33. The van der Waals surface area contributed by atoms with E-state index in [-0.39, 0.29) is 17.6 Å². The number of nitrogens with one attached hydrogen (secondary N) is 1. The van der Waals surface area contributed by atoms with Gasteiger partial charge in [0.05, 0.1) is 13.1 Å². The summed E-state index contributed by atoms with van der Waals surface area (Å²) in [7, 11) is 0. The summed E-state index contributed by atoms with van der Waals surface area (Å²) < 4.78 is 12.9. The van der Waals surface area contributed by atoms with E-state index in [4.69, 9.17) is 0 Å². The standard InChI is InChI=1S/C20H29FN4O2/c21-18-6-4-17(5-7-18)14-22-19(26)15-23-10-12-24(13-11-23)16-20(27)25-8-2-1-3-9-25/h4-7H,1-3,8-16H2,(H,22,26). The third-order valence-electron chi connectivity index (χ3n) is 5.30. The lowest BCUT2D eigenvalue weighted by atomic mass is 10.1. The van der Waals surface area contributed by atoms with Gasteiger partial charge in [-0.15, -0.1) is 0 Å². The number of likely N-dealkylation sites (tertiary alicyclic amines) is 1. The monoisotopic (exact) mass is 376 g/mol. The summed E-state index contributed by atoms with van der Waals surface area (Å²) in [5.41, 5.74) is 0.880. The summed E-state index contributed by atoms with van der Waals surface area (Å²) in [5.74, 6) is -0.0703. The van der Waals surface area contributed by atoms with Gasteiger partial charge >= 0.3 is 0 Å². The molecule has 7 heteroatoms. The van der Waals surface area contributed by atoms with Gasteiger partial charge in [-0.2, -0.15) is 0 Å². The molecule has 0 radical (unpaired) electrons. The fraction of sp³-hybridized carbons (Fsp3) is 0.600. The van der Waals surface area contributed by atoms with E-state index in [9.17, 15) is 14.0 Å². The van der Waals surface area contributed by atoms with E-state index < -0.39 is 0 Å². The molecule has 0 atom stereocenters. The fourth-order valence-corrected chi connectivity index (χ4v) is 3.60. The van der Waals surface area contributed by atoms with Crippen molar-refractivity contribution >= 4 is 11.8 Å². The van der Waals surface area contributed by atoms with Crippen LogP contribution in [0.3, 0.4) is 0 Å². The predicted octanol–water partition coefficient (Wildman–Crippen LogP) is 1.07. The SMILES string of the molecule is O=C(CN1CCN(CC(=O)N2CCCCC2)CC1)NCc1ccc(F)cc1. The van der Waals surface area contributed by atoms with Crippen molar-refractivity contribution < 1.29 is 14.0 Å². The van der Waals surface area contributed by atoms with E-state index >= 15 is 0 Å². The van der Waals surface area contributed by atoms with Crippen LogP contribution < -0.4 is 5.32 Å². The average molecular weight is 376 g/mol. The van der Waals surface area contributed by atoms with Crippen molar-refractivity contribution in [2.75, 3.05) is 52.4 Å². The smallest absolute Gasteiger partial charge is 0.236 e. The number of rotatable bonds is 6. The number of hydrogen-bond donors (Lipinski definition) is 1. The normalized spacial score (nSPS) is 19.1. The minimum absolute atomic E-state index is 0.0304. The van der Waals surface area contributed by atoms with Gasteiger partial charge in [0.15, 0.2) is 0 Å². The molecule has 27 heavy (non-hydrogen) atoms. The van der Waals surface area contributed by atoms with Gasteiger partial charge in [-0.25, -0.2) is 4.39 Å². The van der Waals surface area contributed by atoms with Gasteiger partial charge in [0.25, 0.3) is 0 Å². The van der Waals surface area contributed by atoms with Crippen LogP contribution in [0.25, 0.3) is 0 Å². The second kappa shape index (κ2) is 9.80. The zero-order valence-corrected chi connectivity index (χ0v) is 15.8. The Kier molecular flexibility index (Phi) is 7.18. The Morgan fingerprint density at radius 3 is 2.07 bits per heavy atom. The largest absolute Gasteiger partial charge is 0.351 e. The quantitative estimate of drug-likeness (QED) is 0.807. The molecule has 148 valence electrons. The van der Waals surface area contributed by atoms with Crippen molar-refractivity contribution in [3.8, 4) is 0 Å². The highest BCUT2D eigenvalue weighted by Crippen LogP contribution is 2.10. The second-order valence-electron chi connectivity index (χ2n) is 7.40. The van der Waals surface area contributed by atoms with Gasteiger partial charge in [-0.3, -0.25) is 19.4 Å². The lowest BCUT2D eigenvalue weighted by Gasteiger charge is -2.35. The number of amides is 2. The number of halogens is 1. The van der Waals surface area contributed by atoms with E-state index in [1.807, 2.05) is 4.90 Å². The first-order valence-corrected chi connectivity index (χ1v) is 9.84. The lowest BCUT2D eigenvalue weighted by Crippen LogP contribution is -2.52. The predicted molar refractivity (Wildman–Crippen MR) is 102 cm³/mol.